The standard InChI is InChI=1S/C12H7N5OS/c1-7-14-5-4-9(15-7)11-16-12(18-17-11)10-3-2-8(6-13)19-10/h2-5H,1H3. The summed E-state index contributed by atoms with van der Waals surface area (Å²) in [7, 11) is 0. The van der Waals surface area contributed by atoms with E-state index in [2.05, 4.69) is 26.2 Å². The van der Waals surface area contributed by atoms with Crippen molar-refractivity contribution < 1.29 is 4.52 Å². The average Bonchev–Trinajstić information content (AvgIpc) is 3.07. The number of thiophene rings is 1. The first-order valence-corrected chi connectivity index (χ1v) is 6.22. The molecule has 0 aliphatic rings. The first-order chi connectivity index (χ1) is 9.26. The zero-order valence-corrected chi connectivity index (χ0v) is 10.7. The van der Waals surface area contributed by atoms with Gasteiger partial charge >= 0.3 is 0 Å². The first kappa shape index (κ1) is 11.5. The zero-order chi connectivity index (χ0) is 13.2. The van der Waals surface area contributed by atoms with Crippen LogP contribution in [0.1, 0.15) is 10.7 Å². The maximum atomic E-state index is 8.79. The van der Waals surface area contributed by atoms with E-state index in [1.54, 1.807) is 31.3 Å². The smallest absolute Gasteiger partial charge is 0.268 e. The van der Waals surface area contributed by atoms with Gasteiger partial charge in [0, 0.05) is 6.20 Å². The van der Waals surface area contributed by atoms with E-state index in [1.165, 1.54) is 11.3 Å². The summed E-state index contributed by atoms with van der Waals surface area (Å²) in [5.41, 5.74) is 0.611. The minimum atomic E-state index is 0.387. The van der Waals surface area contributed by atoms with E-state index in [-0.39, 0.29) is 0 Å². The van der Waals surface area contributed by atoms with Gasteiger partial charge in [-0.15, -0.1) is 11.3 Å². The van der Waals surface area contributed by atoms with Gasteiger partial charge in [0.15, 0.2) is 0 Å². The van der Waals surface area contributed by atoms with Crippen molar-refractivity contribution in [2.45, 2.75) is 6.92 Å². The highest BCUT2D eigenvalue weighted by molar-refractivity contribution is 7.15. The maximum absolute atomic E-state index is 8.79. The molecule has 0 radical (unpaired) electrons. The minimum Gasteiger partial charge on any atom is -0.333 e. The molecule has 3 aromatic heterocycles. The lowest BCUT2D eigenvalue weighted by molar-refractivity contribution is 0.433. The van der Waals surface area contributed by atoms with Crippen LogP contribution in [0.2, 0.25) is 0 Å². The van der Waals surface area contributed by atoms with Gasteiger partial charge in [0.25, 0.3) is 5.89 Å². The lowest BCUT2D eigenvalue weighted by Gasteiger charge is -1.93. The molecule has 3 rings (SSSR count). The third kappa shape index (κ3) is 2.21. The molecule has 0 saturated heterocycles. The third-order valence-corrected chi connectivity index (χ3v) is 3.34. The number of rotatable bonds is 2. The van der Waals surface area contributed by atoms with Gasteiger partial charge in [0.05, 0.1) is 4.88 Å². The van der Waals surface area contributed by atoms with E-state index in [0.29, 0.717) is 28.1 Å². The van der Waals surface area contributed by atoms with Crippen LogP contribution in [0.25, 0.3) is 22.3 Å². The van der Waals surface area contributed by atoms with Crippen molar-refractivity contribution in [1.29, 1.82) is 5.26 Å². The van der Waals surface area contributed by atoms with Gasteiger partial charge in [-0.1, -0.05) is 5.16 Å². The Labute approximate surface area is 112 Å². The van der Waals surface area contributed by atoms with E-state index in [0.717, 1.165) is 4.88 Å². The number of aromatic nitrogens is 4. The van der Waals surface area contributed by atoms with Gasteiger partial charge < -0.3 is 4.52 Å². The van der Waals surface area contributed by atoms with Crippen LogP contribution in [0, 0.1) is 18.3 Å². The second kappa shape index (κ2) is 4.59. The number of nitriles is 1. The molecule has 0 aliphatic heterocycles. The molecule has 6 nitrogen and oxygen atoms in total. The summed E-state index contributed by atoms with van der Waals surface area (Å²) in [6, 6.07) is 7.29. The van der Waals surface area contributed by atoms with Crippen LogP contribution < -0.4 is 0 Å². The van der Waals surface area contributed by atoms with Gasteiger partial charge in [-0.2, -0.15) is 10.2 Å². The number of aryl methyl sites for hydroxylation is 1. The van der Waals surface area contributed by atoms with Crippen molar-refractivity contribution in [3.63, 3.8) is 0 Å². The Morgan fingerprint density at radius 2 is 2.16 bits per heavy atom. The van der Waals surface area contributed by atoms with E-state index >= 15 is 0 Å². The van der Waals surface area contributed by atoms with Crippen molar-refractivity contribution in [2.75, 3.05) is 0 Å². The van der Waals surface area contributed by atoms with Crippen LogP contribution in [-0.2, 0) is 0 Å². The van der Waals surface area contributed by atoms with Gasteiger partial charge in [0.1, 0.15) is 22.5 Å². The number of hydrogen-bond donors (Lipinski definition) is 0. The van der Waals surface area contributed by atoms with E-state index in [9.17, 15) is 0 Å². The molecule has 3 aromatic rings. The summed E-state index contributed by atoms with van der Waals surface area (Å²) < 4.78 is 5.18. The average molecular weight is 269 g/mol. The Hall–Kier alpha value is -2.59. The molecule has 0 aliphatic carbocycles. The zero-order valence-electron chi connectivity index (χ0n) is 9.86. The summed E-state index contributed by atoms with van der Waals surface area (Å²) in [5, 5.41) is 12.7. The quantitative estimate of drug-likeness (QED) is 0.709. The lowest BCUT2D eigenvalue weighted by Crippen LogP contribution is -1.90. The molecule has 0 fully saturated rings. The summed E-state index contributed by atoms with van der Waals surface area (Å²) in [6.45, 7) is 1.79. The summed E-state index contributed by atoms with van der Waals surface area (Å²) in [5.74, 6) is 1.44. The lowest BCUT2D eigenvalue weighted by atomic mass is 10.4. The van der Waals surface area contributed by atoms with Gasteiger partial charge in [-0.05, 0) is 25.1 Å². The second-order valence-electron chi connectivity index (χ2n) is 3.69. The molecule has 0 N–H and O–H groups in total. The molecule has 0 spiro atoms. The van der Waals surface area contributed by atoms with Crippen LogP contribution >= 0.6 is 11.3 Å². The van der Waals surface area contributed by atoms with Crippen molar-refractivity contribution >= 4 is 11.3 Å². The predicted molar refractivity (Wildman–Crippen MR) is 68.1 cm³/mol. The molecule has 0 atom stereocenters. The highest BCUT2D eigenvalue weighted by Gasteiger charge is 2.13. The van der Waals surface area contributed by atoms with Crippen molar-refractivity contribution in [3.05, 3.63) is 35.1 Å². The molecular weight excluding hydrogens is 262 g/mol. The summed E-state index contributed by atoms with van der Waals surface area (Å²) in [6.07, 6.45) is 1.65. The fourth-order valence-corrected chi connectivity index (χ4v) is 2.25. The van der Waals surface area contributed by atoms with Gasteiger partial charge in [-0.3, -0.25) is 0 Å². The molecule has 19 heavy (non-hydrogen) atoms. The Morgan fingerprint density at radius 1 is 1.26 bits per heavy atom. The highest BCUT2D eigenvalue weighted by Crippen LogP contribution is 2.27. The Morgan fingerprint density at radius 3 is 2.89 bits per heavy atom. The summed E-state index contributed by atoms with van der Waals surface area (Å²) in [4.78, 5) is 13.9. The Balaban J connectivity index is 1.97. The van der Waals surface area contributed by atoms with E-state index in [4.69, 9.17) is 9.78 Å². The molecule has 3 heterocycles. The fourth-order valence-electron chi connectivity index (χ4n) is 1.52. The molecule has 7 heteroatoms. The predicted octanol–water partition coefficient (Wildman–Crippen LogP) is 2.44. The molecule has 0 unspecified atom stereocenters. The van der Waals surface area contributed by atoms with Crippen LogP contribution in [0.5, 0.6) is 0 Å². The Bertz CT molecular complexity index is 770. The molecule has 92 valence electrons. The highest BCUT2D eigenvalue weighted by atomic mass is 32.1. The topological polar surface area (TPSA) is 88.5 Å². The van der Waals surface area contributed by atoms with Crippen LogP contribution in [-0.4, -0.2) is 20.1 Å². The van der Waals surface area contributed by atoms with Gasteiger partial charge in [-0.25, -0.2) is 9.97 Å². The maximum Gasteiger partial charge on any atom is 0.268 e. The Kier molecular flexibility index (Phi) is 2.78. The van der Waals surface area contributed by atoms with Crippen molar-refractivity contribution in [1.82, 2.24) is 20.1 Å². The van der Waals surface area contributed by atoms with E-state index < -0.39 is 0 Å². The van der Waals surface area contributed by atoms with Crippen LogP contribution in [0.4, 0.5) is 0 Å². The van der Waals surface area contributed by atoms with Crippen molar-refractivity contribution in [3.8, 4) is 28.4 Å². The fraction of sp³-hybridized carbons (Fsp3) is 0.0833. The summed E-state index contributed by atoms with van der Waals surface area (Å²) >= 11 is 1.31. The number of hydrogen-bond acceptors (Lipinski definition) is 7. The molecule has 0 aromatic carbocycles. The van der Waals surface area contributed by atoms with Crippen molar-refractivity contribution in [2.24, 2.45) is 0 Å². The normalized spacial score (nSPS) is 10.3. The van der Waals surface area contributed by atoms with E-state index in [1.807, 2.05) is 0 Å². The van der Waals surface area contributed by atoms with Crippen LogP contribution in [0.3, 0.4) is 0 Å². The molecule has 0 amide bonds. The monoisotopic (exact) mass is 269 g/mol. The molecule has 0 saturated carbocycles. The largest absolute Gasteiger partial charge is 0.333 e. The number of nitrogens with zero attached hydrogens (tertiary/aromatic N) is 5. The molecule has 0 bridgehead atoms. The minimum absolute atomic E-state index is 0.387. The molecular formula is C12H7N5OS. The second-order valence-corrected chi connectivity index (χ2v) is 4.77. The third-order valence-electron chi connectivity index (χ3n) is 2.36. The van der Waals surface area contributed by atoms with Gasteiger partial charge in [0.2, 0.25) is 5.82 Å². The van der Waals surface area contributed by atoms with Crippen LogP contribution in [0.15, 0.2) is 28.9 Å². The SMILES string of the molecule is Cc1nccc(-c2noc(-c3ccc(C#N)s3)n2)n1. The first-order valence-electron chi connectivity index (χ1n) is 5.40.